The van der Waals surface area contributed by atoms with Gasteiger partial charge in [-0.25, -0.2) is 0 Å². The predicted octanol–water partition coefficient (Wildman–Crippen LogP) is 3.67. The van der Waals surface area contributed by atoms with E-state index in [1.54, 1.807) is 32.1 Å². The van der Waals surface area contributed by atoms with Crippen LogP contribution in [0.3, 0.4) is 0 Å². The highest BCUT2D eigenvalue weighted by molar-refractivity contribution is 5.14. The second-order valence-electron chi connectivity index (χ2n) is 5.96. The van der Waals surface area contributed by atoms with E-state index in [4.69, 9.17) is 0 Å². The molecule has 0 aromatic carbocycles. The van der Waals surface area contributed by atoms with Crippen molar-refractivity contribution in [3.8, 4) is 0 Å². The molecule has 0 aromatic heterocycles. The van der Waals surface area contributed by atoms with Gasteiger partial charge in [0, 0.05) is 0 Å². The molecule has 0 aliphatic heterocycles. The summed E-state index contributed by atoms with van der Waals surface area (Å²) in [5.41, 5.74) is 0. The molecular weight excluding hydrogens is 156 g/mol. The summed E-state index contributed by atoms with van der Waals surface area (Å²) in [6.07, 6.45) is 7.81. The SMILES string of the molecule is CC(C)[C]1C2CC3CC(C2)CC1C3. The van der Waals surface area contributed by atoms with Crippen LogP contribution in [0.1, 0.15) is 46.0 Å². The van der Waals surface area contributed by atoms with Gasteiger partial charge in [0.1, 0.15) is 0 Å². The highest BCUT2D eigenvalue weighted by Gasteiger charge is 2.48. The van der Waals surface area contributed by atoms with Crippen molar-refractivity contribution in [3.63, 3.8) is 0 Å². The zero-order chi connectivity index (χ0) is 9.00. The van der Waals surface area contributed by atoms with Gasteiger partial charge >= 0.3 is 0 Å². The lowest BCUT2D eigenvalue weighted by Gasteiger charge is -2.55. The molecule has 4 bridgehead atoms. The smallest absolute Gasteiger partial charge is 0.0153 e. The molecule has 0 amide bonds. The Morgan fingerprint density at radius 3 is 1.69 bits per heavy atom. The average molecular weight is 177 g/mol. The molecule has 0 N–H and O–H groups in total. The van der Waals surface area contributed by atoms with E-state index in [1.807, 2.05) is 5.92 Å². The Hall–Kier alpha value is 0. The van der Waals surface area contributed by atoms with Crippen LogP contribution in [0.25, 0.3) is 0 Å². The molecule has 13 heavy (non-hydrogen) atoms. The maximum Gasteiger partial charge on any atom is -0.0153 e. The van der Waals surface area contributed by atoms with E-state index in [1.165, 1.54) is 0 Å². The van der Waals surface area contributed by atoms with Crippen LogP contribution in [-0.4, -0.2) is 0 Å². The molecule has 4 fully saturated rings. The lowest BCUT2D eigenvalue weighted by atomic mass is 9.50. The molecule has 73 valence electrons. The van der Waals surface area contributed by atoms with Crippen molar-refractivity contribution in [2.24, 2.45) is 29.6 Å². The lowest BCUT2D eigenvalue weighted by Crippen LogP contribution is -2.45. The summed E-state index contributed by atoms with van der Waals surface area (Å²) >= 11 is 0. The Morgan fingerprint density at radius 1 is 0.846 bits per heavy atom. The van der Waals surface area contributed by atoms with E-state index in [0.29, 0.717) is 0 Å². The summed E-state index contributed by atoms with van der Waals surface area (Å²) in [6, 6.07) is 0. The summed E-state index contributed by atoms with van der Waals surface area (Å²) in [4.78, 5) is 0. The molecular formula is C13H21. The molecule has 0 heteroatoms. The second kappa shape index (κ2) is 2.74. The van der Waals surface area contributed by atoms with E-state index in [-0.39, 0.29) is 0 Å². The molecule has 0 spiro atoms. The fraction of sp³-hybridized carbons (Fsp3) is 0.923. The molecule has 4 saturated carbocycles. The van der Waals surface area contributed by atoms with Crippen LogP contribution in [0.5, 0.6) is 0 Å². The highest BCUT2D eigenvalue weighted by Crippen LogP contribution is 2.59. The number of hydrogen-bond acceptors (Lipinski definition) is 0. The van der Waals surface area contributed by atoms with Crippen molar-refractivity contribution < 1.29 is 0 Å². The van der Waals surface area contributed by atoms with Gasteiger partial charge in [-0.3, -0.25) is 0 Å². The summed E-state index contributed by atoms with van der Waals surface area (Å²) < 4.78 is 0. The molecule has 0 saturated heterocycles. The van der Waals surface area contributed by atoms with Gasteiger partial charge in [-0.2, -0.15) is 0 Å². The highest BCUT2D eigenvalue weighted by atomic mass is 14.5. The lowest BCUT2D eigenvalue weighted by molar-refractivity contribution is 0.0287. The van der Waals surface area contributed by atoms with Crippen molar-refractivity contribution >= 4 is 0 Å². The molecule has 0 nitrogen and oxygen atoms in total. The molecule has 0 atom stereocenters. The second-order valence-corrected chi connectivity index (χ2v) is 5.96. The topological polar surface area (TPSA) is 0 Å². The monoisotopic (exact) mass is 177 g/mol. The van der Waals surface area contributed by atoms with Crippen molar-refractivity contribution in [2.45, 2.75) is 46.0 Å². The molecule has 0 aromatic rings. The Bertz CT molecular complexity index is 176. The minimum absolute atomic E-state index is 0.870. The zero-order valence-electron chi connectivity index (χ0n) is 8.92. The van der Waals surface area contributed by atoms with Gasteiger partial charge in [-0.05, 0) is 67.6 Å². The molecule has 4 rings (SSSR count). The van der Waals surface area contributed by atoms with Crippen LogP contribution in [0, 0.1) is 35.5 Å². The first-order valence-electron chi connectivity index (χ1n) is 6.10. The van der Waals surface area contributed by atoms with Gasteiger partial charge in [0.2, 0.25) is 0 Å². The standard InChI is InChI=1S/C13H21/c1-8(2)13-11-4-9-3-10(6-11)7-12(13)5-9/h8-12H,3-7H2,1-2H3. The van der Waals surface area contributed by atoms with E-state index >= 15 is 0 Å². The van der Waals surface area contributed by atoms with Crippen molar-refractivity contribution in [1.82, 2.24) is 0 Å². The number of hydrogen-bond donors (Lipinski definition) is 0. The van der Waals surface area contributed by atoms with Crippen LogP contribution in [0.15, 0.2) is 0 Å². The average Bonchev–Trinajstić information content (AvgIpc) is 2.00. The van der Waals surface area contributed by atoms with Crippen molar-refractivity contribution in [1.29, 1.82) is 0 Å². The van der Waals surface area contributed by atoms with Crippen LogP contribution in [-0.2, 0) is 0 Å². The van der Waals surface area contributed by atoms with Crippen LogP contribution >= 0.6 is 0 Å². The third-order valence-corrected chi connectivity index (χ3v) is 4.75. The van der Waals surface area contributed by atoms with Gasteiger partial charge in [0.15, 0.2) is 0 Å². The first-order valence-corrected chi connectivity index (χ1v) is 6.10. The minimum Gasteiger partial charge on any atom is -0.0622 e. The first-order chi connectivity index (χ1) is 6.24. The van der Waals surface area contributed by atoms with Crippen LogP contribution < -0.4 is 0 Å². The van der Waals surface area contributed by atoms with Gasteiger partial charge in [-0.15, -0.1) is 0 Å². The largest absolute Gasteiger partial charge is 0.0622 e. The Kier molecular flexibility index (Phi) is 1.76. The third-order valence-electron chi connectivity index (χ3n) is 4.75. The Morgan fingerprint density at radius 2 is 1.31 bits per heavy atom. The summed E-state index contributed by atoms with van der Waals surface area (Å²) in [5.74, 6) is 7.20. The minimum atomic E-state index is 0.870. The molecule has 4 aliphatic carbocycles. The molecule has 4 aliphatic rings. The molecule has 0 unspecified atom stereocenters. The quantitative estimate of drug-likeness (QED) is 0.573. The van der Waals surface area contributed by atoms with Gasteiger partial charge in [0.05, 0.1) is 0 Å². The normalized spacial score (nSPS) is 49.2. The fourth-order valence-corrected chi connectivity index (χ4v) is 4.67. The van der Waals surface area contributed by atoms with E-state index < -0.39 is 0 Å². The predicted molar refractivity (Wildman–Crippen MR) is 55.1 cm³/mol. The van der Waals surface area contributed by atoms with E-state index in [0.717, 1.165) is 29.6 Å². The summed E-state index contributed by atoms with van der Waals surface area (Å²) in [6.45, 7) is 4.83. The van der Waals surface area contributed by atoms with Crippen molar-refractivity contribution in [3.05, 3.63) is 5.92 Å². The van der Waals surface area contributed by atoms with E-state index in [2.05, 4.69) is 13.8 Å². The molecule has 0 heterocycles. The summed E-state index contributed by atoms with van der Waals surface area (Å²) in [5, 5.41) is 0. The van der Waals surface area contributed by atoms with Gasteiger partial charge in [0.25, 0.3) is 0 Å². The summed E-state index contributed by atoms with van der Waals surface area (Å²) in [7, 11) is 0. The number of rotatable bonds is 1. The zero-order valence-corrected chi connectivity index (χ0v) is 8.92. The van der Waals surface area contributed by atoms with E-state index in [9.17, 15) is 0 Å². The fourth-order valence-electron chi connectivity index (χ4n) is 4.67. The maximum absolute atomic E-state index is 2.41. The van der Waals surface area contributed by atoms with Crippen molar-refractivity contribution in [2.75, 3.05) is 0 Å². The van der Waals surface area contributed by atoms with Gasteiger partial charge in [-0.1, -0.05) is 13.8 Å². The Labute approximate surface area is 82.1 Å². The first kappa shape index (κ1) is 8.32. The third kappa shape index (κ3) is 1.17. The Balaban J connectivity index is 1.85. The maximum atomic E-state index is 2.41. The van der Waals surface area contributed by atoms with Crippen LogP contribution in [0.4, 0.5) is 0 Å². The molecule has 1 radical (unpaired) electrons. The van der Waals surface area contributed by atoms with Crippen LogP contribution in [0.2, 0.25) is 0 Å². The van der Waals surface area contributed by atoms with Gasteiger partial charge < -0.3 is 0 Å².